The van der Waals surface area contributed by atoms with Gasteiger partial charge >= 0.3 is 5.97 Å². The lowest BCUT2D eigenvalue weighted by atomic mass is 10.1. The van der Waals surface area contributed by atoms with Gasteiger partial charge in [-0.1, -0.05) is 6.08 Å². The third-order valence-electron chi connectivity index (χ3n) is 1.09. The molecular weight excluding hydrogens is 134 g/mol. The van der Waals surface area contributed by atoms with Crippen LogP contribution in [-0.2, 0) is 9.59 Å². The molecule has 0 aromatic carbocycles. The zero-order valence-electron chi connectivity index (χ0n) is 5.57. The third-order valence-corrected chi connectivity index (χ3v) is 1.09. The molecule has 4 nitrogen and oxygen atoms in total. The molecule has 0 bridgehead atoms. The summed E-state index contributed by atoms with van der Waals surface area (Å²) in [6, 6.07) is -1.19. The van der Waals surface area contributed by atoms with Crippen molar-refractivity contribution in [2.75, 3.05) is 0 Å². The van der Waals surface area contributed by atoms with Gasteiger partial charge in [-0.2, -0.15) is 0 Å². The highest BCUT2D eigenvalue weighted by Gasteiger charge is 2.14. The SMILES string of the molecule is C/C=C(\C=O)[C@H](N)C(=O)O. The van der Waals surface area contributed by atoms with Crippen LogP contribution in [0.4, 0.5) is 0 Å². The molecule has 0 fully saturated rings. The van der Waals surface area contributed by atoms with E-state index in [1.807, 2.05) is 0 Å². The second-order valence-electron chi connectivity index (χ2n) is 1.72. The molecule has 1 atom stereocenters. The van der Waals surface area contributed by atoms with E-state index in [4.69, 9.17) is 10.8 Å². The third kappa shape index (κ3) is 1.99. The van der Waals surface area contributed by atoms with Crippen molar-refractivity contribution in [1.82, 2.24) is 0 Å². The van der Waals surface area contributed by atoms with Crippen LogP contribution in [0.5, 0.6) is 0 Å². The number of aldehydes is 1. The van der Waals surface area contributed by atoms with Gasteiger partial charge in [0.1, 0.15) is 12.3 Å². The summed E-state index contributed by atoms with van der Waals surface area (Å²) in [6.07, 6.45) is 1.82. The number of nitrogens with two attached hydrogens (primary N) is 1. The molecule has 4 heteroatoms. The molecule has 0 amide bonds. The zero-order valence-corrected chi connectivity index (χ0v) is 5.57. The van der Waals surface area contributed by atoms with Gasteiger partial charge in [0.2, 0.25) is 0 Å². The lowest BCUT2D eigenvalue weighted by Crippen LogP contribution is -2.32. The Morgan fingerprint density at radius 2 is 2.20 bits per heavy atom. The van der Waals surface area contributed by atoms with E-state index in [2.05, 4.69) is 0 Å². The van der Waals surface area contributed by atoms with E-state index in [1.54, 1.807) is 6.92 Å². The van der Waals surface area contributed by atoms with E-state index in [0.29, 0.717) is 6.29 Å². The smallest absolute Gasteiger partial charge is 0.325 e. The van der Waals surface area contributed by atoms with Gasteiger partial charge in [-0.3, -0.25) is 9.59 Å². The fourth-order valence-corrected chi connectivity index (χ4v) is 0.463. The summed E-state index contributed by atoms with van der Waals surface area (Å²) in [5, 5.41) is 8.29. The van der Waals surface area contributed by atoms with Crippen LogP contribution in [0.3, 0.4) is 0 Å². The van der Waals surface area contributed by atoms with Gasteiger partial charge < -0.3 is 10.8 Å². The number of hydrogen-bond acceptors (Lipinski definition) is 3. The summed E-state index contributed by atoms with van der Waals surface area (Å²) in [5.41, 5.74) is 5.17. The van der Waals surface area contributed by atoms with Crippen LogP contribution in [0.1, 0.15) is 6.92 Å². The molecule has 0 rings (SSSR count). The van der Waals surface area contributed by atoms with Crippen LogP contribution in [0, 0.1) is 0 Å². The van der Waals surface area contributed by atoms with Crippen molar-refractivity contribution in [3.05, 3.63) is 11.6 Å². The first-order valence-corrected chi connectivity index (χ1v) is 2.73. The second kappa shape index (κ2) is 3.79. The lowest BCUT2D eigenvalue weighted by Gasteiger charge is -2.02. The Labute approximate surface area is 58.3 Å². The van der Waals surface area contributed by atoms with Crippen LogP contribution in [0.25, 0.3) is 0 Å². The monoisotopic (exact) mass is 143 g/mol. The fraction of sp³-hybridized carbons (Fsp3) is 0.333. The van der Waals surface area contributed by atoms with Crippen LogP contribution >= 0.6 is 0 Å². The minimum absolute atomic E-state index is 0.0903. The quantitative estimate of drug-likeness (QED) is 0.414. The number of hydrogen-bond donors (Lipinski definition) is 2. The molecular formula is C6H9NO3. The van der Waals surface area contributed by atoms with Crippen molar-refractivity contribution in [3.63, 3.8) is 0 Å². The molecule has 0 aliphatic heterocycles. The van der Waals surface area contributed by atoms with Crippen molar-refractivity contribution in [2.24, 2.45) is 5.73 Å². The van der Waals surface area contributed by atoms with E-state index < -0.39 is 12.0 Å². The summed E-state index contributed by atoms with van der Waals surface area (Å²) in [7, 11) is 0. The van der Waals surface area contributed by atoms with Gasteiger partial charge in [0.05, 0.1) is 0 Å². The maximum atomic E-state index is 10.1. The number of allylic oxidation sites excluding steroid dienone is 1. The van der Waals surface area contributed by atoms with E-state index in [0.717, 1.165) is 0 Å². The summed E-state index contributed by atoms with van der Waals surface area (Å²) < 4.78 is 0. The first-order valence-electron chi connectivity index (χ1n) is 2.73. The molecule has 0 aromatic heterocycles. The van der Waals surface area contributed by atoms with Crippen molar-refractivity contribution < 1.29 is 14.7 Å². The number of carbonyl (C=O) groups excluding carboxylic acids is 1. The fourth-order valence-electron chi connectivity index (χ4n) is 0.463. The van der Waals surface area contributed by atoms with E-state index in [1.165, 1.54) is 6.08 Å². The van der Waals surface area contributed by atoms with Gasteiger partial charge in [-0.05, 0) is 6.92 Å². The summed E-state index contributed by atoms with van der Waals surface area (Å²) in [6.45, 7) is 1.56. The molecule has 0 unspecified atom stereocenters. The normalized spacial score (nSPS) is 14.4. The molecule has 0 aliphatic carbocycles. The standard InChI is InChI=1S/C6H9NO3/c1-2-4(3-8)5(7)6(9)10/h2-3,5H,7H2,1H3,(H,9,10)/b4-2+/t5-/m0/s1. The van der Waals surface area contributed by atoms with Crippen LogP contribution in [-0.4, -0.2) is 23.4 Å². The number of carbonyl (C=O) groups is 2. The Morgan fingerprint density at radius 1 is 1.70 bits per heavy atom. The minimum Gasteiger partial charge on any atom is -0.480 e. The maximum absolute atomic E-state index is 10.1. The Kier molecular flexibility index (Phi) is 3.35. The largest absolute Gasteiger partial charge is 0.480 e. The van der Waals surface area contributed by atoms with Gasteiger partial charge in [0, 0.05) is 5.57 Å². The Bertz CT molecular complexity index is 174. The predicted molar refractivity (Wildman–Crippen MR) is 35.4 cm³/mol. The lowest BCUT2D eigenvalue weighted by molar-refractivity contribution is -0.138. The Morgan fingerprint density at radius 3 is 2.30 bits per heavy atom. The van der Waals surface area contributed by atoms with E-state index >= 15 is 0 Å². The Balaban J connectivity index is 4.31. The molecule has 0 heterocycles. The van der Waals surface area contributed by atoms with Crippen LogP contribution < -0.4 is 5.73 Å². The van der Waals surface area contributed by atoms with Crippen molar-refractivity contribution in [2.45, 2.75) is 13.0 Å². The molecule has 0 spiro atoms. The van der Waals surface area contributed by atoms with Gasteiger partial charge in [-0.15, -0.1) is 0 Å². The highest BCUT2D eigenvalue weighted by Crippen LogP contribution is 1.94. The van der Waals surface area contributed by atoms with Crippen molar-refractivity contribution in [1.29, 1.82) is 0 Å². The molecule has 0 aliphatic rings. The second-order valence-corrected chi connectivity index (χ2v) is 1.72. The number of carboxylic acids is 1. The molecule has 0 saturated carbocycles. The molecule has 0 saturated heterocycles. The first-order chi connectivity index (χ1) is 4.63. The topological polar surface area (TPSA) is 80.4 Å². The Hall–Kier alpha value is -1.16. The maximum Gasteiger partial charge on any atom is 0.325 e. The van der Waals surface area contributed by atoms with Gasteiger partial charge in [-0.25, -0.2) is 0 Å². The van der Waals surface area contributed by atoms with Crippen LogP contribution in [0.2, 0.25) is 0 Å². The number of rotatable bonds is 3. The van der Waals surface area contributed by atoms with Crippen LogP contribution in [0.15, 0.2) is 11.6 Å². The molecule has 10 heavy (non-hydrogen) atoms. The van der Waals surface area contributed by atoms with Gasteiger partial charge in [0.15, 0.2) is 0 Å². The zero-order chi connectivity index (χ0) is 8.15. The summed E-state index contributed by atoms with van der Waals surface area (Å²) in [4.78, 5) is 20.2. The molecule has 0 aromatic rings. The molecule has 56 valence electrons. The predicted octanol–water partition coefficient (Wildman–Crippen LogP) is -0.457. The summed E-state index contributed by atoms with van der Waals surface area (Å²) in [5.74, 6) is -1.19. The highest BCUT2D eigenvalue weighted by molar-refractivity contribution is 5.88. The number of aliphatic carboxylic acids is 1. The van der Waals surface area contributed by atoms with E-state index in [-0.39, 0.29) is 5.57 Å². The van der Waals surface area contributed by atoms with Crippen molar-refractivity contribution in [3.8, 4) is 0 Å². The van der Waals surface area contributed by atoms with E-state index in [9.17, 15) is 9.59 Å². The highest BCUT2D eigenvalue weighted by atomic mass is 16.4. The minimum atomic E-state index is -1.19. The first kappa shape index (κ1) is 8.84. The molecule has 3 N–H and O–H groups in total. The summed E-state index contributed by atoms with van der Waals surface area (Å²) >= 11 is 0. The van der Waals surface area contributed by atoms with Gasteiger partial charge in [0.25, 0.3) is 0 Å². The van der Waals surface area contributed by atoms with Crippen molar-refractivity contribution >= 4 is 12.3 Å². The molecule has 0 radical (unpaired) electrons. The number of carboxylic acid groups (broad SMARTS) is 1. The average Bonchev–Trinajstić information content (AvgIpc) is 1.90. The average molecular weight is 143 g/mol.